The molecule has 0 saturated carbocycles. The molecule has 1 fully saturated rings. The third-order valence-corrected chi connectivity index (χ3v) is 7.85. The van der Waals surface area contributed by atoms with Crippen molar-refractivity contribution in [3.63, 3.8) is 0 Å². The highest BCUT2D eigenvalue weighted by atomic mass is 32.2. The Bertz CT molecular complexity index is 1040. The molecule has 0 atom stereocenters. The van der Waals surface area contributed by atoms with Crippen molar-refractivity contribution >= 4 is 19.9 Å². The normalized spacial score (nSPS) is 16.8. The first-order valence-corrected chi connectivity index (χ1v) is 13.1. The van der Waals surface area contributed by atoms with Crippen LogP contribution in [0.25, 0.3) is 0 Å². The highest BCUT2D eigenvalue weighted by Crippen LogP contribution is 2.19. The topological polar surface area (TPSA) is 83.6 Å². The molecule has 158 valence electrons. The molecule has 0 spiro atoms. The van der Waals surface area contributed by atoms with E-state index in [0.717, 1.165) is 37.4 Å². The van der Waals surface area contributed by atoms with Gasteiger partial charge in [-0.25, -0.2) is 21.6 Å². The molecule has 2 aromatic rings. The maximum absolute atomic E-state index is 12.5. The third kappa shape index (κ3) is 6.12. The van der Waals surface area contributed by atoms with Crippen LogP contribution in [0.1, 0.15) is 30.9 Å². The van der Waals surface area contributed by atoms with E-state index in [9.17, 15) is 16.8 Å². The fraction of sp³-hybridized carbons (Fsp3) is 0.429. The predicted molar refractivity (Wildman–Crippen MR) is 114 cm³/mol. The van der Waals surface area contributed by atoms with Crippen LogP contribution < -0.4 is 4.72 Å². The minimum absolute atomic E-state index is 0.0449. The highest BCUT2D eigenvalue weighted by Gasteiger charge is 2.17. The summed E-state index contributed by atoms with van der Waals surface area (Å²) in [6, 6.07) is 13.2. The lowest BCUT2D eigenvalue weighted by molar-refractivity contribution is 0.185. The number of rotatable bonds is 7. The van der Waals surface area contributed by atoms with Crippen LogP contribution in [0.5, 0.6) is 0 Å². The Labute approximate surface area is 173 Å². The zero-order valence-corrected chi connectivity index (χ0v) is 18.5. The smallest absolute Gasteiger partial charge is 0.240 e. The van der Waals surface area contributed by atoms with Gasteiger partial charge in [-0.2, -0.15) is 0 Å². The second-order valence-electron chi connectivity index (χ2n) is 7.85. The van der Waals surface area contributed by atoms with E-state index in [4.69, 9.17) is 0 Å². The average Bonchev–Trinajstić information content (AvgIpc) is 2.68. The Morgan fingerprint density at radius 1 is 0.931 bits per heavy atom. The number of likely N-dealkylation sites (tertiary alicyclic amines) is 1. The fourth-order valence-corrected chi connectivity index (χ4v) is 5.09. The second kappa shape index (κ2) is 8.95. The number of piperidine rings is 1. The summed E-state index contributed by atoms with van der Waals surface area (Å²) in [5.41, 5.74) is 2.07. The van der Waals surface area contributed by atoms with Crippen LogP contribution in [-0.2, 0) is 33.0 Å². The maximum Gasteiger partial charge on any atom is 0.240 e. The molecule has 3 rings (SSSR count). The van der Waals surface area contributed by atoms with Gasteiger partial charge in [0.1, 0.15) is 0 Å². The molecule has 8 heteroatoms. The molecule has 1 aliphatic heterocycles. The van der Waals surface area contributed by atoms with Crippen molar-refractivity contribution < 1.29 is 16.8 Å². The van der Waals surface area contributed by atoms with Crippen LogP contribution >= 0.6 is 0 Å². The van der Waals surface area contributed by atoms with Crippen molar-refractivity contribution in [2.24, 2.45) is 5.92 Å². The number of hydrogen-bond acceptors (Lipinski definition) is 5. The summed E-state index contributed by atoms with van der Waals surface area (Å²) in [5.74, 6) is 0.790. The van der Waals surface area contributed by atoms with Crippen molar-refractivity contribution in [2.75, 3.05) is 19.3 Å². The molecular formula is C21H28N2O4S2. The van der Waals surface area contributed by atoms with Crippen LogP contribution in [0.4, 0.5) is 0 Å². The first-order chi connectivity index (χ1) is 13.6. The molecule has 0 unspecified atom stereocenters. The monoisotopic (exact) mass is 436 g/mol. The van der Waals surface area contributed by atoms with Gasteiger partial charge in [-0.15, -0.1) is 0 Å². The van der Waals surface area contributed by atoms with Crippen molar-refractivity contribution in [1.29, 1.82) is 0 Å². The van der Waals surface area contributed by atoms with Crippen LogP contribution in [0, 0.1) is 5.92 Å². The van der Waals surface area contributed by atoms with Gasteiger partial charge in [0.25, 0.3) is 0 Å². The average molecular weight is 437 g/mol. The third-order valence-electron chi connectivity index (χ3n) is 5.30. The molecular weight excluding hydrogens is 408 g/mol. The highest BCUT2D eigenvalue weighted by molar-refractivity contribution is 7.90. The zero-order chi connectivity index (χ0) is 21.1. The summed E-state index contributed by atoms with van der Waals surface area (Å²) in [6.45, 7) is 5.54. The molecule has 6 nitrogen and oxygen atoms in total. The molecule has 0 aliphatic carbocycles. The maximum atomic E-state index is 12.5. The molecule has 0 aromatic heterocycles. The minimum Gasteiger partial charge on any atom is -0.299 e. The van der Waals surface area contributed by atoms with Gasteiger partial charge in [0.05, 0.1) is 9.79 Å². The van der Waals surface area contributed by atoms with Crippen molar-refractivity contribution in [2.45, 2.75) is 42.6 Å². The second-order valence-corrected chi connectivity index (χ2v) is 11.6. The largest absolute Gasteiger partial charge is 0.299 e. The lowest BCUT2D eigenvalue weighted by Crippen LogP contribution is -2.32. The Hall–Kier alpha value is -1.74. The van der Waals surface area contributed by atoms with Gasteiger partial charge in [0.15, 0.2) is 9.84 Å². The molecule has 1 heterocycles. The van der Waals surface area contributed by atoms with Crippen molar-refractivity contribution in [3.8, 4) is 0 Å². The van der Waals surface area contributed by atoms with Gasteiger partial charge in [0.2, 0.25) is 10.0 Å². The summed E-state index contributed by atoms with van der Waals surface area (Å²) in [5, 5.41) is 0. The van der Waals surface area contributed by atoms with Crippen molar-refractivity contribution in [1.82, 2.24) is 9.62 Å². The van der Waals surface area contributed by atoms with E-state index in [2.05, 4.69) is 22.6 Å². The number of sulfone groups is 1. The van der Waals surface area contributed by atoms with Crippen LogP contribution in [0.3, 0.4) is 0 Å². The molecule has 0 radical (unpaired) electrons. The van der Waals surface area contributed by atoms with Crippen LogP contribution in [0.2, 0.25) is 0 Å². The number of hydrogen-bond donors (Lipinski definition) is 1. The first-order valence-electron chi connectivity index (χ1n) is 9.73. The molecule has 29 heavy (non-hydrogen) atoms. The van der Waals surface area contributed by atoms with E-state index >= 15 is 0 Å². The summed E-state index contributed by atoms with van der Waals surface area (Å²) < 4.78 is 50.7. The fourth-order valence-electron chi connectivity index (χ4n) is 3.44. The quantitative estimate of drug-likeness (QED) is 0.722. The number of nitrogens with one attached hydrogen (secondary N) is 1. The minimum atomic E-state index is -3.72. The summed E-state index contributed by atoms with van der Waals surface area (Å²) >= 11 is 0. The van der Waals surface area contributed by atoms with Crippen molar-refractivity contribution in [3.05, 3.63) is 59.7 Å². The lowest BCUT2D eigenvalue weighted by atomic mass is 9.98. The zero-order valence-electron chi connectivity index (χ0n) is 16.8. The predicted octanol–water partition coefficient (Wildman–Crippen LogP) is 2.80. The Morgan fingerprint density at radius 3 is 2.14 bits per heavy atom. The van der Waals surface area contributed by atoms with Gasteiger partial charge in [-0.3, -0.25) is 4.90 Å². The molecule has 2 aromatic carbocycles. The van der Waals surface area contributed by atoms with Gasteiger partial charge in [-0.1, -0.05) is 31.2 Å². The van der Waals surface area contributed by atoms with E-state index in [0.29, 0.717) is 0 Å². The van der Waals surface area contributed by atoms with E-state index in [1.165, 1.54) is 42.7 Å². The lowest BCUT2D eigenvalue weighted by Gasteiger charge is -2.30. The SMILES string of the molecule is CC1CCN(Cc2cccc(CNS(=O)(=O)c3ccc(S(C)(=O)=O)cc3)c2)CC1. The van der Waals surface area contributed by atoms with E-state index in [-0.39, 0.29) is 16.3 Å². The van der Waals surface area contributed by atoms with Gasteiger partial charge in [-0.05, 0) is 67.2 Å². The number of nitrogens with zero attached hydrogens (tertiary/aromatic N) is 1. The Balaban J connectivity index is 1.63. The van der Waals surface area contributed by atoms with Gasteiger partial charge in [0, 0.05) is 19.3 Å². The summed E-state index contributed by atoms with van der Waals surface area (Å²) in [4.78, 5) is 2.58. The number of sulfonamides is 1. The molecule has 1 aliphatic rings. The van der Waals surface area contributed by atoms with E-state index in [1.807, 2.05) is 18.2 Å². The molecule has 1 saturated heterocycles. The Kier molecular flexibility index (Phi) is 6.78. The first kappa shape index (κ1) is 22.0. The molecule has 0 amide bonds. The molecule has 1 N–H and O–H groups in total. The summed E-state index contributed by atoms with van der Waals surface area (Å²) in [6.07, 6.45) is 3.53. The van der Waals surface area contributed by atoms with E-state index in [1.54, 1.807) is 0 Å². The molecule has 0 bridgehead atoms. The van der Waals surface area contributed by atoms with Gasteiger partial charge < -0.3 is 0 Å². The van der Waals surface area contributed by atoms with E-state index < -0.39 is 19.9 Å². The standard InChI is InChI=1S/C21H28N2O4S2/c1-17-10-12-23(13-11-17)16-19-5-3-4-18(14-19)15-22-29(26,27)21-8-6-20(7-9-21)28(2,24)25/h3-9,14,17,22H,10-13,15-16H2,1-2H3. The van der Waals surface area contributed by atoms with Gasteiger partial charge >= 0.3 is 0 Å². The number of benzene rings is 2. The van der Waals surface area contributed by atoms with Crippen LogP contribution in [-0.4, -0.2) is 41.1 Å². The Morgan fingerprint density at radius 2 is 1.52 bits per heavy atom. The van der Waals surface area contributed by atoms with Crippen LogP contribution in [0.15, 0.2) is 58.3 Å². The summed E-state index contributed by atoms with van der Waals surface area (Å²) in [7, 11) is -7.08.